The first-order valence-corrected chi connectivity index (χ1v) is 8.61. The number of hydrogen-bond donors (Lipinski definition) is 2. The van der Waals surface area contributed by atoms with Crippen molar-refractivity contribution in [3.63, 3.8) is 0 Å². The van der Waals surface area contributed by atoms with E-state index in [4.69, 9.17) is 5.73 Å². The third-order valence-corrected chi connectivity index (χ3v) is 5.60. The van der Waals surface area contributed by atoms with E-state index in [1.54, 1.807) is 0 Å². The van der Waals surface area contributed by atoms with Crippen LogP contribution in [-0.4, -0.2) is 18.5 Å². The highest BCUT2D eigenvalue weighted by atomic mass is 16.1. The molecular weight excluding hydrogens is 248 g/mol. The van der Waals surface area contributed by atoms with Gasteiger partial charge in [0, 0.05) is 18.5 Å². The molecule has 3 heteroatoms. The second-order valence-electron chi connectivity index (χ2n) is 7.28. The van der Waals surface area contributed by atoms with E-state index in [0.29, 0.717) is 5.92 Å². The van der Waals surface area contributed by atoms with Gasteiger partial charge in [-0.05, 0) is 43.4 Å². The molecule has 2 aliphatic rings. The molecule has 0 bridgehead atoms. The molecule has 2 saturated carbocycles. The zero-order valence-electron chi connectivity index (χ0n) is 13.2. The lowest BCUT2D eigenvalue weighted by atomic mass is 9.77. The molecular formula is C17H32N2O. The maximum atomic E-state index is 12.3. The van der Waals surface area contributed by atoms with Gasteiger partial charge in [-0.15, -0.1) is 0 Å². The third-order valence-electron chi connectivity index (χ3n) is 5.60. The second kappa shape index (κ2) is 7.44. The topological polar surface area (TPSA) is 55.1 Å². The van der Waals surface area contributed by atoms with E-state index in [9.17, 15) is 4.79 Å². The van der Waals surface area contributed by atoms with Crippen LogP contribution in [0.4, 0.5) is 0 Å². The summed E-state index contributed by atoms with van der Waals surface area (Å²) in [5.74, 6) is 2.42. The molecule has 20 heavy (non-hydrogen) atoms. The molecule has 5 atom stereocenters. The minimum Gasteiger partial charge on any atom is -0.356 e. The Bertz CT molecular complexity index is 318. The molecule has 0 saturated heterocycles. The minimum absolute atomic E-state index is 0.143. The Morgan fingerprint density at radius 1 is 1.15 bits per heavy atom. The van der Waals surface area contributed by atoms with Crippen molar-refractivity contribution in [3.8, 4) is 0 Å². The molecule has 0 aliphatic heterocycles. The average molecular weight is 280 g/mol. The summed E-state index contributed by atoms with van der Waals surface area (Å²) in [5, 5.41) is 3.17. The summed E-state index contributed by atoms with van der Waals surface area (Å²) in [5.41, 5.74) is 6.09. The lowest BCUT2D eigenvalue weighted by Gasteiger charge is -2.33. The highest BCUT2D eigenvalue weighted by Crippen LogP contribution is 2.31. The summed E-state index contributed by atoms with van der Waals surface area (Å²) < 4.78 is 0. The standard InChI is InChI=1S/C17H32N2O/c1-12-5-3-6-14(11-12)9-10-19-17(20)15-7-4-8-16(18)13(15)2/h12-16H,3-11,18H2,1-2H3,(H,19,20). The van der Waals surface area contributed by atoms with E-state index in [1.807, 2.05) is 0 Å². The van der Waals surface area contributed by atoms with Crippen molar-refractivity contribution in [2.45, 2.75) is 71.3 Å². The van der Waals surface area contributed by atoms with Crippen LogP contribution in [0.1, 0.15) is 65.2 Å². The van der Waals surface area contributed by atoms with Crippen molar-refractivity contribution in [3.05, 3.63) is 0 Å². The fraction of sp³-hybridized carbons (Fsp3) is 0.941. The van der Waals surface area contributed by atoms with E-state index < -0.39 is 0 Å². The number of hydrogen-bond acceptors (Lipinski definition) is 2. The predicted molar refractivity (Wildman–Crippen MR) is 83.2 cm³/mol. The van der Waals surface area contributed by atoms with Crippen LogP contribution in [0, 0.1) is 23.7 Å². The molecule has 0 aromatic rings. The molecule has 0 spiro atoms. The summed E-state index contributed by atoms with van der Waals surface area (Å²) >= 11 is 0. The van der Waals surface area contributed by atoms with Gasteiger partial charge in [-0.3, -0.25) is 4.79 Å². The quantitative estimate of drug-likeness (QED) is 0.831. The normalized spacial score (nSPS) is 38.5. The van der Waals surface area contributed by atoms with Gasteiger partial charge in [0.25, 0.3) is 0 Å². The second-order valence-corrected chi connectivity index (χ2v) is 7.28. The number of amides is 1. The summed E-state index contributed by atoms with van der Waals surface area (Å²) in [6.45, 7) is 5.35. The largest absolute Gasteiger partial charge is 0.356 e. The zero-order valence-corrected chi connectivity index (χ0v) is 13.2. The van der Waals surface area contributed by atoms with Gasteiger partial charge in [-0.1, -0.05) is 39.5 Å². The monoisotopic (exact) mass is 280 g/mol. The van der Waals surface area contributed by atoms with Gasteiger partial charge >= 0.3 is 0 Å². The van der Waals surface area contributed by atoms with E-state index in [-0.39, 0.29) is 17.9 Å². The maximum Gasteiger partial charge on any atom is 0.223 e. The molecule has 116 valence electrons. The summed E-state index contributed by atoms with van der Waals surface area (Å²) in [4.78, 5) is 12.3. The number of nitrogens with one attached hydrogen (secondary N) is 1. The minimum atomic E-state index is 0.143. The first kappa shape index (κ1) is 15.8. The molecule has 1 amide bonds. The van der Waals surface area contributed by atoms with Gasteiger partial charge in [0.05, 0.1) is 0 Å². The Kier molecular flexibility index (Phi) is 5.88. The third kappa shape index (κ3) is 4.21. The molecule has 0 aromatic carbocycles. The van der Waals surface area contributed by atoms with Crippen LogP contribution < -0.4 is 11.1 Å². The van der Waals surface area contributed by atoms with Crippen LogP contribution >= 0.6 is 0 Å². The molecule has 0 heterocycles. The van der Waals surface area contributed by atoms with Crippen LogP contribution in [0.15, 0.2) is 0 Å². The van der Waals surface area contributed by atoms with Crippen LogP contribution in [0.3, 0.4) is 0 Å². The maximum absolute atomic E-state index is 12.3. The van der Waals surface area contributed by atoms with Crippen molar-refractivity contribution in [1.82, 2.24) is 5.32 Å². The van der Waals surface area contributed by atoms with Gasteiger partial charge in [0.15, 0.2) is 0 Å². The number of carbonyl (C=O) groups is 1. The predicted octanol–water partition coefficient (Wildman–Crippen LogP) is 3.08. The molecule has 3 nitrogen and oxygen atoms in total. The summed E-state index contributed by atoms with van der Waals surface area (Å²) in [6, 6.07) is 0.207. The molecule has 0 radical (unpaired) electrons. The zero-order chi connectivity index (χ0) is 14.5. The smallest absolute Gasteiger partial charge is 0.223 e. The Hall–Kier alpha value is -0.570. The van der Waals surface area contributed by atoms with Gasteiger partial charge in [0.1, 0.15) is 0 Å². The first-order valence-electron chi connectivity index (χ1n) is 8.61. The average Bonchev–Trinajstić information content (AvgIpc) is 2.42. The van der Waals surface area contributed by atoms with E-state index in [2.05, 4.69) is 19.2 Å². The molecule has 2 fully saturated rings. The van der Waals surface area contributed by atoms with E-state index in [0.717, 1.165) is 44.1 Å². The van der Waals surface area contributed by atoms with Crippen molar-refractivity contribution < 1.29 is 4.79 Å². The van der Waals surface area contributed by atoms with Gasteiger partial charge in [0.2, 0.25) is 5.91 Å². The Labute approximate surface area is 124 Å². The number of carbonyl (C=O) groups excluding carboxylic acids is 1. The van der Waals surface area contributed by atoms with Gasteiger partial charge < -0.3 is 11.1 Å². The van der Waals surface area contributed by atoms with Crippen LogP contribution in [0.2, 0.25) is 0 Å². The SMILES string of the molecule is CC1CCCC(CCNC(=O)C2CCCC(N)C2C)C1. The number of rotatable bonds is 4. The van der Waals surface area contributed by atoms with Crippen LogP contribution in [-0.2, 0) is 4.79 Å². The van der Waals surface area contributed by atoms with Crippen molar-refractivity contribution >= 4 is 5.91 Å². The van der Waals surface area contributed by atoms with Crippen molar-refractivity contribution in [1.29, 1.82) is 0 Å². The van der Waals surface area contributed by atoms with Crippen molar-refractivity contribution in [2.75, 3.05) is 6.54 Å². The van der Waals surface area contributed by atoms with E-state index in [1.165, 1.54) is 25.7 Å². The molecule has 0 aromatic heterocycles. The fourth-order valence-corrected chi connectivity index (χ4v) is 4.12. The molecule has 2 aliphatic carbocycles. The number of nitrogens with two attached hydrogens (primary N) is 1. The van der Waals surface area contributed by atoms with Gasteiger partial charge in [-0.2, -0.15) is 0 Å². The Balaban J connectivity index is 1.69. The van der Waals surface area contributed by atoms with E-state index >= 15 is 0 Å². The van der Waals surface area contributed by atoms with Gasteiger partial charge in [-0.25, -0.2) is 0 Å². The molecule has 5 unspecified atom stereocenters. The van der Waals surface area contributed by atoms with Crippen molar-refractivity contribution in [2.24, 2.45) is 29.4 Å². The van der Waals surface area contributed by atoms with Crippen LogP contribution in [0.5, 0.6) is 0 Å². The van der Waals surface area contributed by atoms with Crippen LogP contribution in [0.25, 0.3) is 0 Å². The Morgan fingerprint density at radius 3 is 2.65 bits per heavy atom. The molecule has 2 rings (SSSR count). The molecule has 3 N–H and O–H groups in total. The first-order chi connectivity index (χ1) is 9.58. The Morgan fingerprint density at radius 2 is 1.90 bits per heavy atom. The summed E-state index contributed by atoms with van der Waals surface area (Å²) in [7, 11) is 0. The summed E-state index contributed by atoms with van der Waals surface area (Å²) in [6.07, 6.45) is 9.80. The lowest BCUT2D eigenvalue weighted by Crippen LogP contribution is -2.44. The lowest BCUT2D eigenvalue weighted by molar-refractivity contribution is -0.127. The highest BCUT2D eigenvalue weighted by Gasteiger charge is 2.32. The fourth-order valence-electron chi connectivity index (χ4n) is 4.12. The highest BCUT2D eigenvalue weighted by molar-refractivity contribution is 5.79.